The Morgan fingerprint density at radius 2 is 1.67 bits per heavy atom. The molecule has 2 heterocycles. The van der Waals surface area contributed by atoms with E-state index < -0.39 is 0 Å². The van der Waals surface area contributed by atoms with Gasteiger partial charge in [-0.3, -0.25) is 4.79 Å². The summed E-state index contributed by atoms with van der Waals surface area (Å²) in [6.45, 7) is 5.51. The second-order valence-corrected chi connectivity index (χ2v) is 6.52. The van der Waals surface area contributed by atoms with Crippen LogP contribution in [0.15, 0.2) is 54.6 Å². The molecule has 134 valence electrons. The van der Waals surface area contributed by atoms with Crippen molar-refractivity contribution in [3.63, 3.8) is 0 Å². The number of anilines is 2. The van der Waals surface area contributed by atoms with Gasteiger partial charge < -0.3 is 5.32 Å². The summed E-state index contributed by atoms with van der Waals surface area (Å²) in [5.41, 5.74) is 3.47. The summed E-state index contributed by atoms with van der Waals surface area (Å²) in [6.07, 6.45) is 0. The average Bonchev–Trinajstić information content (AvgIpc) is 3.00. The van der Waals surface area contributed by atoms with E-state index in [4.69, 9.17) is 0 Å². The zero-order chi connectivity index (χ0) is 19.0. The van der Waals surface area contributed by atoms with Crippen molar-refractivity contribution < 1.29 is 4.79 Å². The highest BCUT2D eigenvalue weighted by atomic mass is 16.1. The molecule has 0 saturated heterocycles. The lowest BCUT2D eigenvalue weighted by atomic mass is 10.1. The van der Waals surface area contributed by atoms with Gasteiger partial charge in [0.15, 0.2) is 17.4 Å². The first-order valence-corrected chi connectivity index (χ1v) is 8.70. The van der Waals surface area contributed by atoms with Crippen LogP contribution < -0.4 is 5.32 Å². The minimum Gasteiger partial charge on any atom is -0.338 e. The molecule has 4 rings (SSSR count). The number of rotatable bonds is 4. The van der Waals surface area contributed by atoms with Crippen LogP contribution in [0.5, 0.6) is 0 Å². The monoisotopic (exact) mass is 357 g/mol. The standard InChI is InChI=1S/C21H19N5O/c1-13-12-14(2)26(25-13)21-19-7-5-4-6-18(19)20(23-24-21)22-17-10-8-16(9-11-17)15(3)27/h4-12H,1-3H3,(H,22,23). The van der Waals surface area contributed by atoms with Gasteiger partial charge in [-0.05, 0) is 51.1 Å². The van der Waals surface area contributed by atoms with Gasteiger partial charge in [0, 0.05) is 27.7 Å². The SMILES string of the molecule is CC(=O)c1ccc(Nc2nnc(-n3nc(C)cc3C)c3ccccc23)cc1. The van der Waals surface area contributed by atoms with Gasteiger partial charge in [0.25, 0.3) is 0 Å². The minimum absolute atomic E-state index is 0.0426. The number of carbonyl (C=O) groups is 1. The molecule has 0 atom stereocenters. The molecule has 0 saturated carbocycles. The molecule has 0 radical (unpaired) electrons. The highest BCUT2D eigenvalue weighted by Gasteiger charge is 2.13. The Labute approximate surface area is 156 Å². The van der Waals surface area contributed by atoms with E-state index in [-0.39, 0.29) is 5.78 Å². The van der Waals surface area contributed by atoms with E-state index >= 15 is 0 Å². The van der Waals surface area contributed by atoms with Crippen molar-refractivity contribution in [2.24, 2.45) is 0 Å². The smallest absolute Gasteiger partial charge is 0.183 e. The molecule has 0 spiro atoms. The normalized spacial score (nSPS) is 10.9. The van der Waals surface area contributed by atoms with E-state index in [1.165, 1.54) is 0 Å². The van der Waals surface area contributed by atoms with Crippen LogP contribution in [0.2, 0.25) is 0 Å². The summed E-state index contributed by atoms with van der Waals surface area (Å²) in [5.74, 6) is 1.40. The van der Waals surface area contributed by atoms with Crippen LogP contribution in [0.4, 0.5) is 11.5 Å². The third-order valence-corrected chi connectivity index (χ3v) is 4.43. The Hall–Kier alpha value is -3.54. The van der Waals surface area contributed by atoms with Crippen molar-refractivity contribution >= 4 is 28.1 Å². The van der Waals surface area contributed by atoms with Crippen molar-refractivity contribution in [2.45, 2.75) is 20.8 Å². The Bertz CT molecular complexity index is 1150. The van der Waals surface area contributed by atoms with Crippen molar-refractivity contribution in [1.82, 2.24) is 20.0 Å². The minimum atomic E-state index is 0.0426. The number of fused-ring (bicyclic) bond motifs is 1. The van der Waals surface area contributed by atoms with Gasteiger partial charge in [0.1, 0.15) is 0 Å². The van der Waals surface area contributed by atoms with Crippen molar-refractivity contribution in [3.8, 4) is 5.82 Å². The predicted molar refractivity (Wildman–Crippen MR) is 106 cm³/mol. The number of hydrogen-bond donors (Lipinski definition) is 1. The summed E-state index contributed by atoms with van der Waals surface area (Å²) in [7, 11) is 0. The van der Waals surface area contributed by atoms with Gasteiger partial charge in [0.2, 0.25) is 0 Å². The van der Waals surface area contributed by atoms with E-state index in [0.717, 1.165) is 27.8 Å². The lowest BCUT2D eigenvalue weighted by molar-refractivity contribution is 0.101. The fourth-order valence-electron chi connectivity index (χ4n) is 3.11. The van der Waals surface area contributed by atoms with Crippen molar-refractivity contribution in [2.75, 3.05) is 5.32 Å². The molecule has 0 amide bonds. The molecule has 0 aliphatic heterocycles. The first-order valence-electron chi connectivity index (χ1n) is 8.70. The van der Waals surface area contributed by atoms with Gasteiger partial charge in [0.05, 0.1) is 5.69 Å². The number of carbonyl (C=O) groups excluding carboxylic acids is 1. The molecule has 2 aromatic carbocycles. The number of Topliss-reactive ketones (excluding diaryl/α,β-unsaturated/α-hetero) is 1. The third-order valence-electron chi connectivity index (χ3n) is 4.43. The molecule has 1 N–H and O–H groups in total. The average molecular weight is 357 g/mol. The molecule has 0 aliphatic rings. The molecule has 0 fully saturated rings. The predicted octanol–water partition coefficient (Wildman–Crippen LogP) is 4.38. The number of ketones is 1. The lowest BCUT2D eigenvalue weighted by Gasteiger charge is -2.12. The molecule has 2 aromatic heterocycles. The van der Waals surface area contributed by atoms with Crippen LogP contribution in [0, 0.1) is 13.8 Å². The molecular weight excluding hydrogens is 338 g/mol. The van der Waals surface area contributed by atoms with Crippen LogP contribution in [-0.2, 0) is 0 Å². The van der Waals surface area contributed by atoms with E-state index in [9.17, 15) is 4.79 Å². The maximum absolute atomic E-state index is 11.4. The van der Waals surface area contributed by atoms with Gasteiger partial charge >= 0.3 is 0 Å². The number of aryl methyl sites for hydroxylation is 2. The Morgan fingerprint density at radius 1 is 0.963 bits per heavy atom. The van der Waals surface area contributed by atoms with Crippen LogP contribution >= 0.6 is 0 Å². The topological polar surface area (TPSA) is 72.7 Å². The van der Waals surface area contributed by atoms with Gasteiger partial charge in [-0.25, -0.2) is 4.68 Å². The fourth-order valence-corrected chi connectivity index (χ4v) is 3.11. The molecule has 0 bridgehead atoms. The zero-order valence-corrected chi connectivity index (χ0v) is 15.4. The third kappa shape index (κ3) is 3.17. The molecule has 0 unspecified atom stereocenters. The Balaban J connectivity index is 1.78. The quantitative estimate of drug-likeness (QED) is 0.549. The highest BCUT2D eigenvalue weighted by Crippen LogP contribution is 2.28. The number of aromatic nitrogens is 4. The first-order chi connectivity index (χ1) is 13.0. The number of nitrogens with one attached hydrogen (secondary N) is 1. The molecule has 0 aliphatic carbocycles. The van der Waals surface area contributed by atoms with Gasteiger partial charge in [-0.1, -0.05) is 24.3 Å². The number of nitrogens with zero attached hydrogens (tertiary/aromatic N) is 4. The second-order valence-electron chi connectivity index (χ2n) is 6.52. The summed E-state index contributed by atoms with van der Waals surface area (Å²) >= 11 is 0. The van der Waals surface area contributed by atoms with E-state index in [2.05, 4.69) is 20.6 Å². The van der Waals surface area contributed by atoms with Crippen LogP contribution in [0.25, 0.3) is 16.6 Å². The lowest BCUT2D eigenvalue weighted by Crippen LogP contribution is -2.06. The van der Waals surface area contributed by atoms with Crippen molar-refractivity contribution in [3.05, 3.63) is 71.5 Å². The maximum atomic E-state index is 11.4. The molecule has 27 heavy (non-hydrogen) atoms. The Kier molecular flexibility index (Phi) is 4.16. The van der Waals surface area contributed by atoms with Crippen LogP contribution in [0.3, 0.4) is 0 Å². The largest absolute Gasteiger partial charge is 0.338 e. The number of benzene rings is 2. The van der Waals surface area contributed by atoms with Gasteiger partial charge in [-0.15, -0.1) is 10.2 Å². The maximum Gasteiger partial charge on any atom is 0.183 e. The van der Waals surface area contributed by atoms with Crippen molar-refractivity contribution in [1.29, 1.82) is 0 Å². The molecular formula is C21H19N5O. The summed E-state index contributed by atoms with van der Waals surface area (Å²) in [4.78, 5) is 11.4. The van der Waals surface area contributed by atoms with E-state index in [0.29, 0.717) is 17.2 Å². The molecule has 6 nitrogen and oxygen atoms in total. The number of hydrogen-bond acceptors (Lipinski definition) is 5. The van der Waals surface area contributed by atoms with E-state index in [1.807, 2.05) is 61.0 Å². The first kappa shape index (κ1) is 16.9. The van der Waals surface area contributed by atoms with Crippen LogP contribution in [-0.4, -0.2) is 25.8 Å². The second kappa shape index (κ2) is 6.64. The zero-order valence-electron chi connectivity index (χ0n) is 15.4. The summed E-state index contributed by atoms with van der Waals surface area (Å²) in [6, 6.07) is 17.3. The highest BCUT2D eigenvalue weighted by molar-refractivity contribution is 5.97. The summed E-state index contributed by atoms with van der Waals surface area (Å²) in [5, 5.41) is 18.6. The molecule has 4 aromatic rings. The Morgan fingerprint density at radius 3 is 2.30 bits per heavy atom. The van der Waals surface area contributed by atoms with E-state index in [1.54, 1.807) is 19.1 Å². The van der Waals surface area contributed by atoms with Gasteiger partial charge in [-0.2, -0.15) is 5.10 Å². The fraction of sp³-hybridized carbons (Fsp3) is 0.143. The van der Waals surface area contributed by atoms with Crippen LogP contribution in [0.1, 0.15) is 28.7 Å². The summed E-state index contributed by atoms with van der Waals surface area (Å²) < 4.78 is 1.82. The molecule has 6 heteroatoms.